The van der Waals surface area contributed by atoms with Gasteiger partial charge in [-0.2, -0.15) is 5.26 Å². The molecule has 0 aromatic rings. The lowest BCUT2D eigenvalue weighted by atomic mass is 10.2. The van der Waals surface area contributed by atoms with Gasteiger partial charge in [0.05, 0.1) is 17.6 Å². The van der Waals surface area contributed by atoms with Gasteiger partial charge in [0.25, 0.3) is 0 Å². The maximum Gasteiger partial charge on any atom is 0.326 e. The average Bonchev–Trinajstić information content (AvgIpc) is 2.66. The topological polar surface area (TPSA) is 81.4 Å². The molecule has 1 aliphatic rings. The minimum atomic E-state index is -0.939. The normalized spacial score (nSPS) is 19.9. The molecule has 15 heavy (non-hydrogen) atoms. The molecule has 1 unspecified atom stereocenters. The van der Waals surface area contributed by atoms with E-state index in [9.17, 15) is 9.59 Å². The second kappa shape index (κ2) is 5.61. The van der Waals surface area contributed by atoms with Crippen molar-refractivity contribution in [2.75, 3.05) is 18.1 Å². The SMILES string of the molecule is N#CCSCC(=O)N1CCCC1C(=O)O. The van der Waals surface area contributed by atoms with Crippen LogP contribution >= 0.6 is 11.8 Å². The van der Waals surface area contributed by atoms with Gasteiger partial charge in [-0.15, -0.1) is 11.8 Å². The standard InChI is InChI=1S/C9H12N2O3S/c10-3-5-15-6-8(12)11-4-1-2-7(11)9(13)14/h7H,1-2,4-6H2,(H,13,14). The number of carbonyl (C=O) groups excluding carboxylic acids is 1. The first kappa shape index (κ1) is 11.9. The van der Waals surface area contributed by atoms with E-state index in [-0.39, 0.29) is 17.4 Å². The fourth-order valence-electron chi connectivity index (χ4n) is 1.59. The third kappa shape index (κ3) is 3.13. The predicted octanol–water partition coefficient (Wildman–Crippen LogP) is 0.319. The van der Waals surface area contributed by atoms with E-state index >= 15 is 0 Å². The molecule has 0 aromatic heterocycles. The van der Waals surface area contributed by atoms with E-state index < -0.39 is 12.0 Å². The van der Waals surface area contributed by atoms with E-state index in [0.717, 1.165) is 6.42 Å². The van der Waals surface area contributed by atoms with E-state index in [1.165, 1.54) is 16.7 Å². The Morgan fingerprint density at radius 3 is 2.93 bits per heavy atom. The summed E-state index contributed by atoms with van der Waals surface area (Å²) in [7, 11) is 0. The second-order valence-corrected chi connectivity index (χ2v) is 4.22. The molecular formula is C9H12N2O3S. The molecule has 1 saturated heterocycles. The number of aliphatic carboxylic acids is 1. The van der Waals surface area contributed by atoms with Crippen LogP contribution in [0.1, 0.15) is 12.8 Å². The van der Waals surface area contributed by atoms with Crippen LogP contribution < -0.4 is 0 Å². The van der Waals surface area contributed by atoms with Crippen LogP contribution in [0.3, 0.4) is 0 Å². The highest BCUT2D eigenvalue weighted by atomic mass is 32.2. The molecule has 0 aromatic carbocycles. The van der Waals surface area contributed by atoms with Crippen LogP contribution in [0.2, 0.25) is 0 Å². The van der Waals surface area contributed by atoms with Crippen LogP contribution in [0.25, 0.3) is 0 Å². The van der Waals surface area contributed by atoms with Gasteiger partial charge in [0.15, 0.2) is 0 Å². The lowest BCUT2D eigenvalue weighted by molar-refractivity contribution is -0.147. The van der Waals surface area contributed by atoms with Crippen LogP contribution in [-0.2, 0) is 9.59 Å². The predicted molar refractivity (Wildman–Crippen MR) is 55.3 cm³/mol. The first-order valence-electron chi connectivity index (χ1n) is 4.63. The molecule has 1 heterocycles. The maximum absolute atomic E-state index is 11.6. The lowest BCUT2D eigenvalue weighted by Crippen LogP contribution is -2.41. The molecule has 6 heteroatoms. The molecule has 0 spiro atoms. The summed E-state index contributed by atoms with van der Waals surface area (Å²) >= 11 is 1.22. The highest BCUT2D eigenvalue weighted by Gasteiger charge is 2.33. The van der Waals surface area contributed by atoms with Crippen molar-refractivity contribution >= 4 is 23.6 Å². The smallest absolute Gasteiger partial charge is 0.326 e. The summed E-state index contributed by atoms with van der Waals surface area (Å²) in [5, 5.41) is 17.1. The molecule has 0 radical (unpaired) electrons. The number of rotatable bonds is 4. The Kier molecular flexibility index (Phi) is 4.43. The van der Waals surface area contributed by atoms with E-state index in [0.29, 0.717) is 13.0 Å². The Labute approximate surface area is 92.0 Å². The number of carboxylic acid groups (broad SMARTS) is 1. The summed E-state index contributed by atoms with van der Waals surface area (Å²) in [5.74, 6) is -0.666. The van der Waals surface area contributed by atoms with Crippen molar-refractivity contribution < 1.29 is 14.7 Å². The highest BCUT2D eigenvalue weighted by Crippen LogP contribution is 2.18. The van der Waals surface area contributed by atoms with Crippen molar-refractivity contribution in [1.29, 1.82) is 5.26 Å². The minimum absolute atomic E-state index is 0.180. The van der Waals surface area contributed by atoms with E-state index in [2.05, 4.69) is 0 Å². The van der Waals surface area contributed by atoms with Crippen LogP contribution in [0.15, 0.2) is 0 Å². The zero-order valence-electron chi connectivity index (χ0n) is 8.18. The summed E-state index contributed by atoms with van der Waals surface area (Å²) in [4.78, 5) is 23.8. The van der Waals surface area contributed by atoms with Crippen molar-refractivity contribution in [2.24, 2.45) is 0 Å². The van der Waals surface area contributed by atoms with E-state index in [1.807, 2.05) is 6.07 Å². The summed E-state index contributed by atoms with van der Waals surface area (Å²) in [6.45, 7) is 0.517. The zero-order valence-corrected chi connectivity index (χ0v) is 9.00. The van der Waals surface area contributed by atoms with Gasteiger partial charge in [-0.25, -0.2) is 4.79 Å². The van der Waals surface area contributed by atoms with Gasteiger partial charge in [-0.05, 0) is 12.8 Å². The Morgan fingerprint density at radius 2 is 2.33 bits per heavy atom. The third-order valence-corrected chi connectivity index (χ3v) is 3.03. The molecule has 1 atom stereocenters. The number of hydrogen-bond acceptors (Lipinski definition) is 4. The van der Waals surface area contributed by atoms with Crippen LogP contribution in [0.4, 0.5) is 0 Å². The zero-order chi connectivity index (χ0) is 11.3. The molecular weight excluding hydrogens is 216 g/mol. The number of likely N-dealkylation sites (tertiary alicyclic amines) is 1. The molecule has 82 valence electrons. The number of carbonyl (C=O) groups is 2. The van der Waals surface area contributed by atoms with Gasteiger partial charge in [0.1, 0.15) is 6.04 Å². The van der Waals surface area contributed by atoms with Crippen molar-refractivity contribution in [3.05, 3.63) is 0 Å². The van der Waals surface area contributed by atoms with E-state index in [1.54, 1.807) is 0 Å². The number of nitrogens with zero attached hydrogens (tertiary/aromatic N) is 2. The van der Waals surface area contributed by atoms with Crippen LogP contribution in [-0.4, -0.2) is 46.0 Å². The number of nitriles is 1. The quantitative estimate of drug-likeness (QED) is 0.701. The Bertz CT molecular complexity index is 300. The number of amides is 1. The van der Waals surface area contributed by atoms with Gasteiger partial charge in [-0.3, -0.25) is 4.79 Å². The van der Waals surface area contributed by atoms with Gasteiger partial charge in [0, 0.05) is 6.54 Å². The van der Waals surface area contributed by atoms with Gasteiger partial charge in [-0.1, -0.05) is 0 Å². The summed E-state index contributed by atoms with van der Waals surface area (Å²) in [6.07, 6.45) is 1.27. The minimum Gasteiger partial charge on any atom is -0.480 e. The Hall–Kier alpha value is -1.22. The lowest BCUT2D eigenvalue weighted by Gasteiger charge is -2.20. The van der Waals surface area contributed by atoms with Crippen molar-refractivity contribution in [3.63, 3.8) is 0 Å². The largest absolute Gasteiger partial charge is 0.480 e. The van der Waals surface area contributed by atoms with Gasteiger partial charge in [0.2, 0.25) is 5.91 Å². The second-order valence-electron chi connectivity index (χ2n) is 3.23. The van der Waals surface area contributed by atoms with Gasteiger partial charge < -0.3 is 10.0 Å². The Morgan fingerprint density at radius 1 is 1.60 bits per heavy atom. The van der Waals surface area contributed by atoms with Crippen LogP contribution in [0.5, 0.6) is 0 Å². The van der Waals surface area contributed by atoms with Crippen molar-refractivity contribution in [1.82, 2.24) is 4.90 Å². The first-order valence-corrected chi connectivity index (χ1v) is 5.79. The molecule has 1 N–H and O–H groups in total. The fraction of sp³-hybridized carbons (Fsp3) is 0.667. The molecule has 0 saturated carbocycles. The fourth-order valence-corrected chi connectivity index (χ4v) is 2.12. The molecule has 0 bridgehead atoms. The molecule has 1 aliphatic heterocycles. The summed E-state index contributed by atoms with van der Waals surface area (Å²) < 4.78 is 0. The molecule has 1 rings (SSSR count). The number of thioether (sulfide) groups is 1. The highest BCUT2D eigenvalue weighted by molar-refractivity contribution is 8.00. The van der Waals surface area contributed by atoms with Gasteiger partial charge >= 0.3 is 5.97 Å². The number of carboxylic acids is 1. The van der Waals surface area contributed by atoms with E-state index in [4.69, 9.17) is 10.4 Å². The number of hydrogen-bond donors (Lipinski definition) is 1. The van der Waals surface area contributed by atoms with Crippen molar-refractivity contribution in [2.45, 2.75) is 18.9 Å². The molecule has 0 aliphatic carbocycles. The van der Waals surface area contributed by atoms with Crippen molar-refractivity contribution in [3.8, 4) is 6.07 Å². The summed E-state index contributed by atoms with van der Waals surface area (Å²) in [5.41, 5.74) is 0. The molecule has 5 nitrogen and oxygen atoms in total. The Balaban J connectivity index is 2.45. The maximum atomic E-state index is 11.6. The first-order chi connectivity index (χ1) is 7.16. The van der Waals surface area contributed by atoms with Crippen LogP contribution in [0, 0.1) is 11.3 Å². The summed E-state index contributed by atoms with van der Waals surface area (Å²) in [6, 6.07) is 1.26. The monoisotopic (exact) mass is 228 g/mol. The molecule has 1 amide bonds. The third-order valence-electron chi connectivity index (χ3n) is 2.25. The molecule has 1 fully saturated rings. The average molecular weight is 228 g/mol.